The molecule has 6 aromatic rings. The van der Waals surface area contributed by atoms with Gasteiger partial charge in [0.2, 0.25) is 0 Å². The van der Waals surface area contributed by atoms with Gasteiger partial charge in [0, 0.05) is 35.8 Å². The lowest BCUT2D eigenvalue weighted by Gasteiger charge is -2.04. The molecule has 0 aliphatic heterocycles. The maximum atomic E-state index is 13.9. The molecule has 0 radical (unpaired) electrons. The number of halogens is 1. The van der Waals surface area contributed by atoms with Crippen LogP contribution >= 0.6 is 0 Å². The number of nitrogens with zero attached hydrogens (tertiary/aromatic N) is 5. The van der Waals surface area contributed by atoms with Crippen molar-refractivity contribution < 1.29 is 9.50 Å². The summed E-state index contributed by atoms with van der Waals surface area (Å²) in [5, 5.41) is 18.3. The molecule has 2 aromatic carbocycles. The minimum absolute atomic E-state index is 0.171. The van der Waals surface area contributed by atoms with Crippen LogP contribution in [0.2, 0.25) is 0 Å². The number of fused-ring (bicyclic) bond motifs is 2. The van der Waals surface area contributed by atoms with Crippen LogP contribution in [0.4, 0.5) is 4.39 Å². The summed E-state index contributed by atoms with van der Waals surface area (Å²) >= 11 is 0. The summed E-state index contributed by atoms with van der Waals surface area (Å²) in [5.41, 5.74) is 5.76. The van der Waals surface area contributed by atoms with E-state index in [9.17, 15) is 9.50 Å². The van der Waals surface area contributed by atoms with E-state index in [0.717, 1.165) is 39.6 Å². The molecule has 0 aliphatic rings. The Kier molecular flexibility index (Phi) is 4.06. The second kappa shape index (κ2) is 6.99. The van der Waals surface area contributed by atoms with E-state index >= 15 is 0 Å². The molecule has 8 nitrogen and oxygen atoms in total. The van der Waals surface area contributed by atoms with E-state index in [1.165, 1.54) is 12.1 Å². The largest absolute Gasteiger partial charge is 0.508 e. The monoisotopic (exact) mass is 439 g/mol. The first-order valence-electron chi connectivity index (χ1n) is 10.3. The number of aromatic amines is 2. The Morgan fingerprint density at radius 1 is 0.970 bits per heavy atom. The van der Waals surface area contributed by atoms with Crippen molar-refractivity contribution >= 4 is 21.9 Å². The van der Waals surface area contributed by atoms with Gasteiger partial charge in [-0.05, 0) is 37.3 Å². The highest BCUT2D eigenvalue weighted by molar-refractivity contribution is 5.97. The number of nitrogens with one attached hydrogen (secondary N) is 2. The summed E-state index contributed by atoms with van der Waals surface area (Å²) in [7, 11) is 1.98. The zero-order valence-electron chi connectivity index (χ0n) is 17.8. The molecule has 4 aromatic heterocycles. The van der Waals surface area contributed by atoms with Gasteiger partial charge in [-0.15, -0.1) is 0 Å². The summed E-state index contributed by atoms with van der Waals surface area (Å²) in [4.78, 5) is 16.8. The quantitative estimate of drug-likeness (QED) is 0.370. The van der Waals surface area contributed by atoms with E-state index in [4.69, 9.17) is 4.98 Å². The minimum Gasteiger partial charge on any atom is -0.508 e. The molecule has 6 rings (SSSR count). The highest BCUT2D eigenvalue weighted by Gasteiger charge is 2.17. The standard InChI is InChI=1S/C24H18FN7O/c1-12-27-11-20(32(12)2)13-3-4-18-17(9-13)22(31-30-18)24-28-19-5-6-26-21(23(19)29-24)14-7-15(25)10-16(33)8-14/h3-11,33H,1-2H3,(H,28,29)(H,30,31). The lowest BCUT2D eigenvalue weighted by Crippen LogP contribution is -1.94. The number of benzene rings is 2. The van der Waals surface area contributed by atoms with Gasteiger partial charge in [0.25, 0.3) is 0 Å². The number of hydrogen-bond acceptors (Lipinski definition) is 5. The highest BCUT2D eigenvalue weighted by atomic mass is 19.1. The summed E-state index contributed by atoms with van der Waals surface area (Å²) < 4.78 is 15.9. The smallest absolute Gasteiger partial charge is 0.159 e. The second-order valence-electron chi connectivity index (χ2n) is 7.92. The van der Waals surface area contributed by atoms with Crippen LogP contribution in [-0.4, -0.2) is 39.8 Å². The first-order valence-corrected chi connectivity index (χ1v) is 10.3. The zero-order chi connectivity index (χ0) is 22.7. The van der Waals surface area contributed by atoms with Crippen LogP contribution in [0.15, 0.2) is 54.9 Å². The van der Waals surface area contributed by atoms with E-state index in [2.05, 4.69) is 31.2 Å². The van der Waals surface area contributed by atoms with Crippen molar-refractivity contribution in [1.82, 2.24) is 34.7 Å². The number of hydrogen-bond donors (Lipinski definition) is 3. The van der Waals surface area contributed by atoms with Crippen LogP contribution in [0, 0.1) is 12.7 Å². The second-order valence-corrected chi connectivity index (χ2v) is 7.92. The number of H-pyrrole nitrogens is 2. The molecule has 0 amide bonds. The molecule has 0 saturated carbocycles. The van der Waals surface area contributed by atoms with Gasteiger partial charge in [-0.2, -0.15) is 5.10 Å². The molecule has 0 saturated heterocycles. The van der Waals surface area contributed by atoms with E-state index in [0.29, 0.717) is 28.3 Å². The SMILES string of the molecule is Cc1ncc(-c2ccc3[nH]nc(-c4nc5c(-c6cc(O)cc(F)c6)nccc5[nH]4)c3c2)n1C. The fourth-order valence-electron chi connectivity index (χ4n) is 4.09. The number of aromatic hydroxyl groups is 1. The predicted molar refractivity (Wildman–Crippen MR) is 123 cm³/mol. The van der Waals surface area contributed by atoms with Crippen LogP contribution in [0.3, 0.4) is 0 Å². The molecule has 0 atom stereocenters. The van der Waals surface area contributed by atoms with Crippen molar-refractivity contribution in [2.24, 2.45) is 7.05 Å². The van der Waals surface area contributed by atoms with Gasteiger partial charge < -0.3 is 14.7 Å². The molecule has 3 N–H and O–H groups in total. The van der Waals surface area contributed by atoms with E-state index < -0.39 is 5.82 Å². The van der Waals surface area contributed by atoms with Gasteiger partial charge in [0.15, 0.2) is 5.82 Å². The molecule has 0 fully saturated rings. The first-order chi connectivity index (χ1) is 16.0. The number of aryl methyl sites for hydroxylation is 1. The lowest BCUT2D eigenvalue weighted by molar-refractivity contribution is 0.469. The molecule has 0 bridgehead atoms. The third-order valence-corrected chi connectivity index (χ3v) is 5.86. The molecular weight excluding hydrogens is 421 g/mol. The average molecular weight is 439 g/mol. The Morgan fingerprint density at radius 2 is 1.85 bits per heavy atom. The maximum absolute atomic E-state index is 13.9. The van der Waals surface area contributed by atoms with Gasteiger partial charge in [0.1, 0.15) is 28.6 Å². The summed E-state index contributed by atoms with van der Waals surface area (Å²) in [6.07, 6.45) is 3.47. The number of phenols is 1. The van der Waals surface area contributed by atoms with Crippen molar-refractivity contribution in [2.45, 2.75) is 6.92 Å². The Balaban J connectivity index is 1.52. The normalized spacial score (nSPS) is 11.6. The van der Waals surface area contributed by atoms with Crippen LogP contribution in [0.25, 0.3) is 56.0 Å². The number of pyridine rings is 1. The van der Waals surface area contributed by atoms with Gasteiger partial charge in [0.05, 0.1) is 28.6 Å². The molecule has 0 aliphatic carbocycles. The summed E-state index contributed by atoms with van der Waals surface area (Å²) in [6.45, 7) is 1.96. The van der Waals surface area contributed by atoms with E-state index in [1.54, 1.807) is 12.3 Å². The third-order valence-electron chi connectivity index (χ3n) is 5.86. The Morgan fingerprint density at radius 3 is 2.64 bits per heavy atom. The Labute approximate surface area is 186 Å². The van der Waals surface area contributed by atoms with Gasteiger partial charge in [-0.25, -0.2) is 14.4 Å². The Bertz CT molecular complexity index is 1660. The average Bonchev–Trinajstić information content (AvgIpc) is 3.49. The van der Waals surface area contributed by atoms with Crippen LogP contribution in [-0.2, 0) is 7.05 Å². The number of phenolic OH excluding ortho intramolecular Hbond substituents is 1. The maximum Gasteiger partial charge on any atom is 0.159 e. The molecule has 33 heavy (non-hydrogen) atoms. The molecule has 0 unspecified atom stereocenters. The first kappa shape index (κ1) is 19.2. The lowest BCUT2D eigenvalue weighted by atomic mass is 10.1. The Hall–Kier alpha value is -4.53. The van der Waals surface area contributed by atoms with Crippen LogP contribution in [0.1, 0.15) is 5.82 Å². The van der Waals surface area contributed by atoms with Crippen molar-refractivity contribution in [1.29, 1.82) is 0 Å². The number of imidazole rings is 2. The van der Waals surface area contributed by atoms with Crippen molar-refractivity contribution in [2.75, 3.05) is 0 Å². The molecular formula is C24H18FN7O. The van der Waals surface area contributed by atoms with Crippen molar-refractivity contribution in [3.63, 3.8) is 0 Å². The molecule has 0 spiro atoms. The zero-order valence-corrected chi connectivity index (χ0v) is 17.8. The molecule has 4 heterocycles. The summed E-state index contributed by atoms with van der Waals surface area (Å²) in [5.74, 6) is 0.772. The minimum atomic E-state index is -0.546. The summed E-state index contributed by atoms with van der Waals surface area (Å²) in [6, 6.07) is 11.7. The predicted octanol–water partition coefficient (Wildman–Crippen LogP) is 4.72. The van der Waals surface area contributed by atoms with E-state index in [-0.39, 0.29) is 5.75 Å². The number of rotatable bonds is 3. The van der Waals surface area contributed by atoms with Gasteiger partial charge >= 0.3 is 0 Å². The fraction of sp³-hybridized carbons (Fsp3) is 0.0833. The third kappa shape index (κ3) is 3.05. The van der Waals surface area contributed by atoms with Gasteiger partial charge in [-0.3, -0.25) is 10.1 Å². The fourth-order valence-corrected chi connectivity index (χ4v) is 4.09. The molecule has 162 valence electrons. The van der Waals surface area contributed by atoms with Crippen LogP contribution < -0.4 is 0 Å². The van der Waals surface area contributed by atoms with Crippen molar-refractivity contribution in [3.05, 3.63) is 66.5 Å². The topological polar surface area (TPSA) is 108 Å². The van der Waals surface area contributed by atoms with Crippen LogP contribution in [0.5, 0.6) is 5.75 Å². The van der Waals surface area contributed by atoms with Crippen molar-refractivity contribution in [3.8, 4) is 39.8 Å². The molecule has 9 heteroatoms. The van der Waals surface area contributed by atoms with E-state index in [1.807, 2.05) is 36.9 Å². The number of aromatic nitrogens is 7. The highest BCUT2D eigenvalue weighted by Crippen LogP contribution is 2.33. The van der Waals surface area contributed by atoms with Gasteiger partial charge in [-0.1, -0.05) is 6.07 Å².